The molecule has 0 amide bonds. The number of hydrogen-bond acceptors (Lipinski definition) is 6. The maximum Gasteiger partial charge on any atom is 0.250 e. The minimum atomic E-state index is -3.55. The second-order valence-corrected chi connectivity index (χ2v) is 7.48. The summed E-state index contributed by atoms with van der Waals surface area (Å²) in [5.74, 6) is 0.347. The Bertz CT molecular complexity index is 606. The molecule has 7 nitrogen and oxygen atoms in total. The van der Waals surface area contributed by atoms with Gasteiger partial charge in [-0.25, -0.2) is 8.42 Å². The summed E-state index contributed by atoms with van der Waals surface area (Å²) in [6.45, 7) is 6.64. The Labute approximate surface area is 131 Å². The molecule has 0 spiro atoms. The number of nitrogens with zero attached hydrogens (tertiary/aromatic N) is 3. The molecule has 2 unspecified atom stereocenters. The molecule has 2 atom stereocenters. The van der Waals surface area contributed by atoms with E-state index < -0.39 is 9.84 Å². The molecule has 2 rings (SSSR count). The first kappa shape index (κ1) is 17.1. The molecule has 2 N–H and O–H groups in total. The highest BCUT2D eigenvalue weighted by molar-refractivity contribution is 7.91. The Morgan fingerprint density at radius 1 is 1.55 bits per heavy atom. The topological polar surface area (TPSA) is 100 Å². The zero-order valence-corrected chi connectivity index (χ0v) is 13.8. The molecule has 8 heteroatoms. The van der Waals surface area contributed by atoms with E-state index in [1.165, 1.54) is 6.08 Å². The number of hydrogen-bond donors (Lipinski definition) is 1. The second-order valence-electron chi connectivity index (χ2n) is 5.55. The van der Waals surface area contributed by atoms with Crippen molar-refractivity contribution in [1.29, 1.82) is 0 Å². The summed E-state index contributed by atoms with van der Waals surface area (Å²) in [7, 11) is -3.55. The summed E-state index contributed by atoms with van der Waals surface area (Å²) in [4.78, 5) is 0. The van der Waals surface area contributed by atoms with E-state index in [2.05, 4.69) is 16.8 Å². The largest absolute Gasteiger partial charge is 0.376 e. The minimum absolute atomic E-state index is 0.0127. The first-order valence-corrected chi connectivity index (χ1v) is 9.28. The van der Waals surface area contributed by atoms with Crippen LogP contribution in [0.5, 0.6) is 0 Å². The van der Waals surface area contributed by atoms with E-state index >= 15 is 0 Å². The van der Waals surface area contributed by atoms with Crippen molar-refractivity contribution >= 4 is 9.84 Å². The van der Waals surface area contributed by atoms with Crippen LogP contribution in [-0.4, -0.2) is 41.6 Å². The molecule has 1 fully saturated rings. The van der Waals surface area contributed by atoms with Gasteiger partial charge >= 0.3 is 0 Å². The van der Waals surface area contributed by atoms with E-state index in [-0.39, 0.29) is 23.1 Å². The van der Waals surface area contributed by atoms with Crippen LogP contribution in [0.3, 0.4) is 0 Å². The summed E-state index contributed by atoms with van der Waals surface area (Å²) >= 11 is 0. The summed E-state index contributed by atoms with van der Waals surface area (Å²) < 4.78 is 31.9. The molecule has 124 valence electrons. The Balaban J connectivity index is 2.38. The van der Waals surface area contributed by atoms with E-state index in [0.29, 0.717) is 19.0 Å². The third-order valence-electron chi connectivity index (χ3n) is 3.70. The van der Waals surface area contributed by atoms with Crippen molar-refractivity contribution in [3.8, 4) is 0 Å². The Hall–Kier alpha value is -1.25. The second kappa shape index (κ2) is 7.34. The lowest BCUT2D eigenvalue weighted by atomic mass is 10.1. The smallest absolute Gasteiger partial charge is 0.250 e. The lowest BCUT2D eigenvalue weighted by molar-refractivity contribution is 0.0936. The van der Waals surface area contributed by atoms with Crippen LogP contribution in [0.2, 0.25) is 0 Å². The van der Waals surface area contributed by atoms with Gasteiger partial charge in [-0.2, -0.15) is 0 Å². The summed E-state index contributed by atoms with van der Waals surface area (Å²) in [5.41, 5.74) is 6.13. The molecular weight excluding hydrogens is 304 g/mol. The molecule has 1 aromatic rings. The lowest BCUT2D eigenvalue weighted by Crippen LogP contribution is -2.25. The van der Waals surface area contributed by atoms with Crippen LogP contribution in [0.15, 0.2) is 17.8 Å². The average Bonchev–Trinajstić information content (AvgIpc) is 3.09. The van der Waals surface area contributed by atoms with Crippen molar-refractivity contribution in [2.24, 2.45) is 5.73 Å². The van der Waals surface area contributed by atoms with Crippen LogP contribution in [-0.2, 0) is 21.1 Å². The highest BCUT2D eigenvalue weighted by Crippen LogP contribution is 2.22. The molecule has 1 aliphatic heterocycles. The van der Waals surface area contributed by atoms with Crippen LogP contribution < -0.4 is 5.73 Å². The predicted molar refractivity (Wildman–Crippen MR) is 83.1 cm³/mol. The molecule has 0 saturated carbocycles. The van der Waals surface area contributed by atoms with Crippen LogP contribution in [0.4, 0.5) is 0 Å². The third-order valence-corrected chi connectivity index (χ3v) is 5.24. The maximum atomic E-state index is 12.3. The van der Waals surface area contributed by atoms with Gasteiger partial charge in [0.25, 0.3) is 0 Å². The molecule has 1 aliphatic rings. The first-order valence-electron chi connectivity index (χ1n) is 7.63. The summed E-state index contributed by atoms with van der Waals surface area (Å²) in [6.07, 6.45) is 4.85. The Morgan fingerprint density at radius 2 is 2.32 bits per heavy atom. The monoisotopic (exact) mass is 328 g/mol. The predicted octanol–water partition coefficient (Wildman–Crippen LogP) is 1.22. The van der Waals surface area contributed by atoms with Crippen LogP contribution in [0.1, 0.15) is 44.5 Å². The van der Waals surface area contributed by atoms with Crippen LogP contribution >= 0.6 is 0 Å². The van der Waals surface area contributed by atoms with Gasteiger partial charge in [0.1, 0.15) is 0 Å². The van der Waals surface area contributed by atoms with E-state index in [1.54, 1.807) is 4.57 Å². The molecule has 1 aromatic heterocycles. The molecule has 0 bridgehead atoms. The molecule has 0 aromatic carbocycles. The number of ether oxygens (including phenoxy) is 1. The van der Waals surface area contributed by atoms with Crippen LogP contribution in [0, 0.1) is 0 Å². The average molecular weight is 328 g/mol. The fourth-order valence-electron chi connectivity index (χ4n) is 2.64. The molecule has 2 heterocycles. The molecular formula is C14H24N4O3S. The number of rotatable bonds is 8. The van der Waals surface area contributed by atoms with Crippen LogP contribution in [0.25, 0.3) is 0 Å². The van der Waals surface area contributed by atoms with Gasteiger partial charge in [-0.15, -0.1) is 16.8 Å². The normalized spacial score (nSPS) is 20.2. The Kier molecular flexibility index (Phi) is 5.71. The number of sulfone groups is 1. The van der Waals surface area contributed by atoms with Crippen molar-refractivity contribution in [2.75, 3.05) is 12.4 Å². The van der Waals surface area contributed by atoms with Crippen molar-refractivity contribution < 1.29 is 13.2 Å². The van der Waals surface area contributed by atoms with Gasteiger partial charge in [0, 0.05) is 6.61 Å². The van der Waals surface area contributed by atoms with Gasteiger partial charge in [-0.1, -0.05) is 19.4 Å². The van der Waals surface area contributed by atoms with Crippen molar-refractivity contribution in [3.63, 3.8) is 0 Å². The van der Waals surface area contributed by atoms with E-state index in [0.717, 1.165) is 25.7 Å². The van der Waals surface area contributed by atoms with Gasteiger partial charge in [-0.3, -0.25) is 4.57 Å². The van der Waals surface area contributed by atoms with Gasteiger partial charge in [0.05, 0.1) is 24.4 Å². The van der Waals surface area contributed by atoms with Gasteiger partial charge in [-0.05, 0) is 19.3 Å². The van der Waals surface area contributed by atoms with E-state index in [9.17, 15) is 8.42 Å². The summed E-state index contributed by atoms with van der Waals surface area (Å²) in [6, 6.07) is -0.327. The molecule has 0 radical (unpaired) electrons. The highest BCUT2D eigenvalue weighted by Gasteiger charge is 2.28. The maximum absolute atomic E-state index is 12.3. The minimum Gasteiger partial charge on any atom is -0.376 e. The van der Waals surface area contributed by atoms with Crippen molar-refractivity contribution in [3.05, 3.63) is 18.5 Å². The van der Waals surface area contributed by atoms with Gasteiger partial charge < -0.3 is 10.5 Å². The Morgan fingerprint density at radius 3 is 2.91 bits per heavy atom. The summed E-state index contributed by atoms with van der Waals surface area (Å²) in [5, 5.41) is 7.90. The SMILES string of the molecule is C=CCS(=O)(=O)c1nnc(C(N)CCC)n1CC1CCCO1. The fraction of sp³-hybridized carbons (Fsp3) is 0.714. The van der Waals surface area contributed by atoms with Gasteiger partial charge in [0.15, 0.2) is 5.82 Å². The molecule has 22 heavy (non-hydrogen) atoms. The third kappa shape index (κ3) is 3.74. The quantitative estimate of drug-likeness (QED) is 0.720. The van der Waals surface area contributed by atoms with Crippen molar-refractivity contribution in [2.45, 2.75) is 56.5 Å². The number of aromatic nitrogens is 3. The zero-order chi connectivity index (χ0) is 16.2. The van der Waals surface area contributed by atoms with E-state index in [1.807, 2.05) is 6.92 Å². The standard InChI is InChI=1S/C14H24N4O3S/c1-3-6-12(15)13-16-17-14(22(19,20)9-4-2)18(13)10-11-7-5-8-21-11/h4,11-12H,2-3,5-10,15H2,1H3. The van der Waals surface area contributed by atoms with Crippen molar-refractivity contribution in [1.82, 2.24) is 14.8 Å². The first-order chi connectivity index (χ1) is 10.5. The van der Waals surface area contributed by atoms with E-state index in [4.69, 9.17) is 10.5 Å². The molecule has 1 saturated heterocycles. The highest BCUT2D eigenvalue weighted by atomic mass is 32.2. The zero-order valence-electron chi connectivity index (χ0n) is 12.9. The molecule has 0 aliphatic carbocycles. The fourth-order valence-corrected chi connectivity index (χ4v) is 3.77. The van der Waals surface area contributed by atoms with Gasteiger partial charge in [0.2, 0.25) is 15.0 Å². The number of nitrogens with two attached hydrogens (primary N) is 1. The lowest BCUT2D eigenvalue weighted by Gasteiger charge is -2.17.